The summed E-state index contributed by atoms with van der Waals surface area (Å²) in [6.07, 6.45) is 7.09. The SMILES string of the molecule is CS(=O)(=O)N1CC=C(c2cc3c(N4CCC[C@@H](NC(=O)c5nccs5)C4)ccc(C(N)=O)c3[nH]2)CC1. The maximum absolute atomic E-state index is 12.5. The summed E-state index contributed by atoms with van der Waals surface area (Å²) in [5, 5.41) is 6.20. The fourth-order valence-electron chi connectivity index (χ4n) is 4.95. The van der Waals surface area contributed by atoms with Crippen LogP contribution in [0.5, 0.6) is 0 Å². The van der Waals surface area contributed by atoms with E-state index < -0.39 is 15.9 Å². The highest BCUT2D eigenvalue weighted by atomic mass is 32.2. The number of thiazole rings is 1. The lowest BCUT2D eigenvalue weighted by Crippen LogP contribution is -2.47. The monoisotopic (exact) mass is 528 g/mol. The highest BCUT2D eigenvalue weighted by Gasteiger charge is 2.26. The van der Waals surface area contributed by atoms with Gasteiger partial charge in [0.05, 0.1) is 17.3 Å². The molecule has 4 heterocycles. The molecule has 0 radical (unpaired) electrons. The fourth-order valence-corrected chi connectivity index (χ4v) is 6.26. The van der Waals surface area contributed by atoms with Gasteiger partial charge in [-0.05, 0) is 43.0 Å². The summed E-state index contributed by atoms with van der Waals surface area (Å²) in [6.45, 7) is 2.17. The molecule has 5 rings (SSSR count). The van der Waals surface area contributed by atoms with Gasteiger partial charge in [0.2, 0.25) is 10.0 Å². The predicted octanol–water partition coefficient (Wildman–Crippen LogP) is 2.17. The fraction of sp³-hybridized carbons (Fsp3) is 0.375. The molecule has 3 aromatic rings. The number of H-pyrrole nitrogens is 1. The molecule has 2 aliphatic rings. The zero-order valence-corrected chi connectivity index (χ0v) is 21.5. The van der Waals surface area contributed by atoms with E-state index >= 15 is 0 Å². The zero-order valence-electron chi connectivity index (χ0n) is 19.9. The Balaban J connectivity index is 1.44. The van der Waals surface area contributed by atoms with Crippen LogP contribution in [-0.4, -0.2) is 73.0 Å². The molecule has 1 saturated heterocycles. The van der Waals surface area contributed by atoms with Crippen molar-refractivity contribution in [2.75, 3.05) is 37.3 Å². The Morgan fingerprint density at radius 1 is 1.28 bits per heavy atom. The van der Waals surface area contributed by atoms with Gasteiger partial charge in [-0.1, -0.05) is 6.08 Å². The van der Waals surface area contributed by atoms with Gasteiger partial charge in [0.15, 0.2) is 5.01 Å². The molecule has 2 aliphatic heterocycles. The zero-order chi connectivity index (χ0) is 25.4. The number of anilines is 1. The van der Waals surface area contributed by atoms with E-state index in [1.54, 1.807) is 17.6 Å². The van der Waals surface area contributed by atoms with E-state index in [1.807, 2.05) is 18.2 Å². The Labute approximate surface area is 213 Å². The van der Waals surface area contributed by atoms with E-state index in [1.165, 1.54) is 21.9 Å². The summed E-state index contributed by atoms with van der Waals surface area (Å²) in [6, 6.07) is 5.63. The number of hydrogen-bond acceptors (Lipinski definition) is 7. The van der Waals surface area contributed by atoms with Crippen molar-refractivity contribution in [3.05, 3.63) is 52.1 Å². The molecule has 0 aliphatic carbocycles. The van der Waals surface area contributed by atoms with Crippen LogP contribution in [0.2, 0.25) is 0 Å². The Hall–Kier alpha value is -3.22. The van der Waals surface area contributed by atoms with Gasteiger partial charge in [-0.25, -0.2) is 13.4 Å². The largest absolute Gasteiger partial charge is 0.369 e. The van der Waals surface area contributed by atoms with Crippen LogP contribution in [0.25, 0.3) is 16.5 Å². The molecule has 4 N–H and O–H groups in total. The van der Waals surface area contributed by atoms with Crippen LogP contribution in [0.4, 0.5) is 5.69 Å². The first-order chi connectivity index (χ1) is 17.2. The van der Waals surface area contributed by atoms with Crippen molar-refractivity contribution in [2.45, 2.75) is 25.3 Å². The Kier molecular flexibility index (Phi) is 6.58. The average Bonchev–Trinajstić information content (AvgIpc) is 3.54. The van der Waals surface area contributed by atoms with Crippen molar-refractivity contribution in [3.63, 3.8) is 0 Å². The number of rotatable bonds is 6. The number of carbonyl (C=O) groups is 2. The first kappa shape index (κ1) is 24.5. The number of nitrogens with one attached hydrogen (secondary N) is 2. The highest BCUT2D eigenvalue weighted by Crippen LogP contribution is 2.35. The van der Waals surface area contributed by atoms with Gasteiger partial charge < -0.3 is 20.9 Å². The molecule has 0 spiro atoms. The van der Waals surface area contributed by atoms with Crippen LogP contribution in [0, 0.1) is 0 Å². The second-order valence-corrected chi connectivity index (χ2v) is 12.0. The third-order valence-corrected chi connectivity index (χ3v) is 8.79. The van der Waals surface area contributed by atoms with E-state index in [9.17, 15) is 18.0 Å². The van der Waals surface area contributed by atoms with Gasteiger partial charge in [0.25, 0.3) is 11.8 Å². The lowest BCUT2D eigenvalue weighted by molar-refractivity contribution is 0.0931. The summed E-state index contributed by atoms with van der Waals surface area (Å²) < 4.78 is 25.2. The molecule has 0 saturated carbocycles. The summed E-state index contributed by atoms with van der Waals surface area (Å²) in [5.74, 6) is -0.685. The number of fused-ring (bicyclic) bond motifs is 1. The van der Waals surface area contributed by atoms with Gasteiger partial charge in [-0.2, -0.15) is 4.31 Å². The molecule has 1 fully saturated rings. The predicted molar refractivity (Wildman–Crippen MR) is 141 cm³/mol. The Morgan fingerprint density at radius 3 is 2.78 bits per heavy atom. The van der Waals surface area contributed by atoms with E-state index in [2.05, 4.69) is 20.2 Å². The van der Waals surface area contributed by atoms with Gasteiger partial charge in [0, 0.05) is 60.6 Å². The minimum absolute atomic E-state index is 0.0255. The van der Waals surface area contributed by atoms with Crippen molar-refractivity contribution in [1.29, 1.82) is 0 Å². The van der Waals surface area contributed by atoms with Crippen molar-refractivity contribution in [1.82, 2.24) is 19.6 Å². The lowest BCUT2D eigenvalue weighted by Gasteiger charge is -2.35. The number of carbonyl (C=O) groups excluding carboxylic acids is 2. The minimum atomic E-state index is -3.25. The highest BCUT2D eigenvalue weighted by molar-refractivity contribution is 7.88. The van der Waals surface area contributed by atoms with Crippen molar-refractivity contribution in [3.8, 4) is 0 Å². The molecular formula is C24H28N6O4S2. The summed E-state index contributed by atoms with van der Waals surface area (Å²) in [5.41, 5.74) is 9.54. The molecule has 2 aromatic heterocycles. The van der Waals surface area contributed by atoms with E-state index in [0.717, 1.165) is 41.7 Å². The molecule has 0 unspecified atom stereocenters. The Morgan fingerprint density at radius 2 is 2.11 bits per heavy atom. The quantitative estimate of drug-likeness (QED) is 0.448. The lowest BCUT2D eigenvalue weighted by atomic mass is 10.0. The standard InChI is InChI=1S/C24H28N6O4S2/c1-36(33,34)30-10-6-15(7-11-30)19-13-18-20(5-4-17(22(25)31)21(18)28-19)29-9-2-3-16(14-29)27-23(32)24-26-8-12-35-24/h4-6,8,12-13,16,28H,2-3,7,9-11,14H2,1H3,(H2,25,31)(H,27,32)/t16-/m1/s1. The maximum atomic E-state index is 12.5. The maximum Gasteiger partial charge on any atom is 0.280 e. The molecule has 190 valence electrons. The first-order valence-corrected chi connectivity index (χ1v) is 14.5. The van der Waals surface area contributed by atoms with Crippen molar-refractivity contribution in [2.24, 2.45) is 5.73 Å². The molecule has 1 atom stereocenters. The number of nitrogens with two attached hydrogens (primary N) is 1. The van der Waals surface area contributed by atoms with E-state index in [0.29, 0.717) is 42.1 Å². The topological polar surface area (TPSA) is 141 Å². The third-order valence-electron chi connectivity index (χ3n) is 6.75. The number of sulfonamides is 1. The molecule has 10 nitrogen and oxygen atoms in total. The minimum Gasteiger partial charge on any atom is -0.369 e. The number of primary amides is 1. The van der Waals surface area contributed by atoms with Crippen LogP contribution in [0.3, 0.4) is 0 Å². The molecule has 1 aromatic carbocycles. The number of piperidine rings is 1. The number of nitrogens with zero attached hydrogens (tertiary/aromatic N) is 3. The molecule has 12 heteroatoms. The normalized spacial score (nSPS) is 19.3. The van der Waals surface area contributed by atoms with Crippen LogP contribution < -0.4 is 16.0 Å². The molecule has 36 heavy (non-hydrogen) atoms. The Bertz CT molecular complexity index is 1440. The van der Waals surface area contributed by atoms with Gasteiger partial charge >= 0.3 is 0 Å². The summed E-state index contributed by atoms with van der Waals surface area (Å²) >= 11 is 1.31. The number of hydrogen-bond donors (Lipinski definition) is 3. The second-order valence-electron chi connectivity index (χ2n) is 9.16. The molecule has 2 amide bonds. The smallest absolute Gasteiger partial charge is 0.280 e. The second kappa shape index (κ2) is 9.68. The number of amides is 2. The number of benzene rings is 1. The van der Waals surface area contributed by atoms with Crippen LogP contribution in [-0.2, 0) is 10.0 Å². The average molecular weight is 529 g/mol. The van der Waals surface area contributed by atoms with Crippen molar-refractivity contribution >= 4 is 55.3 Å². The molecule has 0 bridgehead atoms. The van der Waals surface area contributed by atoms with E-state index in [-0.39, 0.29) is 11.9 Å². The van der Waals surface area contributed by atoms with Crippen LogP contribution in [0.15, 0.2) is 35.9 Å². The third kappa shape index (κ3) is 4.88. The summed E-state index contributed by atoms with van der Waals surface area (Å²) in [7, 11) is -3.25. The van der Waals surface area contributed by atoms with Crippen LogP contribution >= 0.6 is 11.3 Å². The summed E-state index contributed by atoms with van der Waals surface area (Å²) in [4.78, 5) is 34.4. The van der Waals surface area contributed by atoms with Gasteiger partial charge in [0.1, 0.15) is 0 Å². The van der Waals surface area contributed by atoms with Crippen molar-refractivity contribution < 1.29 is 18.0 Å². The molecular weight excluding hydrogens is 500 g/mol. The van der Waals surface area contributed by atoms with Gasteiger partial charge in [-0.3, -0.25) is 9.59 Å². The number of aromatic nitrogens is 2. The van der Waals surface area contributed by atoms with Gasteiger partial charge in [-0.15, -0.1) is 11.3 Å². The van der Waals surface area contributed by atoms with Crippen LogP contribution in [0.1, 0.15) is 45.1 Å². The number of aromatic amines is 1. The first-order valence-electron chi connectivity index (χ1n) is 11.8. The van der Waals surface area contributed by atoms with E-state index in [4.69, 9.17) is 5.73 Å².